The minimum Gasteiger partial charge on any atom is -0.315 e. The molecule has 0 amide bonds. The van der Waals surface area contributed by atoms with Gasteiger partial charge < -0.3 is 4.90 Å². The lowest BCUT2D eigenvalue weighted by Crippen LogP contribution is -2.44. The Morgan fingerprint density at radius 2 is 1.54 bits per heavy atom. The van der Waals surface area contributed by atoms with Crippen LogP contribution in [-0.2, 0) is 0 Å². The molecule has 1 aromatic heterocycles. The van der Waals surface area contributed by atoms with Crippen molar-refractivity contribution in [1.82, 2.24) is 9.55 Å². The van der Waals surface area contributed by atoms with Gasteiger partial charge in [0.05, 0.1) is 22.3 Å². The van der Waals surface area contributed by atoms with Crippen LogP contribution < -0.4 is 10.5 Å². The number of nitrogens with zero attached hydrogens (tertiary/aromatic N) is 3. The smallest absolute Gasteiger partial charge is 0.263 e. The summed E-state index contributed by atoms with van der Waals surface area (Å²) in [5, 5.41) is 0.657. The molecule has 0 aliphatic carbocycles. The van der Waals surface area contributed by atoms with Crippen molar-refractivity contribution in [1.29, 1.82) is 0 Å². The molecule has 1 atom stereocenters. The van der Waals surface area contributed by atoms with Crippen molar-refractivity contribution in [3.63, 3.8) is 0 Å². The Bertz CT molecular complexity index is 1750. The number of rotatable bonds is 1. The molecule has 0 radical (unpaired) electrons. The highest BCUT2D eigenvalue weighted by atomic mass is 16.1. The van der Waals surface area contributed by atoms with E-state index >= 15 is 0 Å². The summed E-state index contributed by atoms with van der Waals surface area (Å²) in [5.41, 5.74) is 9.37. The number of anilines is 1. The topological polar surface area (TPSA) is 38.1 Å². The first kappa shape index (κ1) is 20.0. The SMILES string of the molecule is Cc1ccc2c(=O)n3c(nc2c1C)-c1ccccc1N1C(c2ccccc2)=Cc2ccccc2[C@@H]13. The normalized spacial score (nSPS) is 15.7. The average molecular weight is 454 g/mol. The summed E-state index contributed by atoms with van der Waals surface area (Å²) >= 11 is 0. The van der Waals surface area contributed by atoms with Gasteiger partial charge >= 0.3 is 0 Å². The molecule has 0 spiro atoms. The largest absolute Gasteiger partial charge is 0.315 e. The third-order valence-electron chi connectivity index (χ3n) is 7.39. The van der Waals surface area contributed by atoms with E-state index in [1.807, 2.05) is 41.8 Å². The number of hydrogen-bond acceptors (Lipinski definition) is 3. The summed E-state index contributed by atoms with van der Waals surface area (Å²) < 4.78 is 1.90. The molecule has 0 saturated heterocycles. The van der Waals surface area contributed by atoms with Gasteiger partial charge in [0.1, 0.15) is 12.0 Å². The van der Waals surface area contributed by atoms with Gasteiger partial charge in [-0.15, -0.1) is 0 Å². The fraction of sp³-hybridized carbons (Fsp3) is 0.0968. The molecule has 0 bridgehead atoms. The van der Waals surface area contributed by atoms with E-state index in [1.54, 1.807) is 0 Å². The molecule has 0 N–H and O–H groups in total. The second kappa shape index (κ2) is 7.28. The summed E-state index contributed by atoms with van der Waals surface area (Å²) in [6.07, 6.45) is 1.90. The molecule has 0 saturated carbocycles. The third-order valence-corrected chi connectivity index (χ3v) is 7.39. The Balaban J connectivity index is 1.64. The fourth-order valence-corrected chi connectivity index (χ4v) is 5.51. The minimum atomic E-state index is -0.331. The molecule has 4 aromatic carbocycles. The molecular weight excluding hydrogens is 430 g/mol. The van der Waals surface area contributed by atoms with Crippen molar-refractivity contribution in [2.24, 2.45) is 0 Å². The molecular formula is C31H23N3O. The van der Waals surface area contributed by atoms with E-state index in [9.17, 15) is 4.79 Å². The van der Waals surface area contributed by atoms with Crippen LogP contribution in [0.2, 0.25) is 0 Å². The van der Waals surface area contributed by atoms with Crippen molar-refractivity contribution in [3.8, 4) is 11.4 Å². The Hall–Kier alpha value is -4.44. The zero-order valence-electron chi connectivity index (χ0n) is 19.6. The van der Waals surface area contributed by atoms with Gasteiger partial charge in [0.25, 0.3) is 5.56 Å². The Morgan fingerprint density at radius 3 is 2.40 bits per heavy atom. The number of aryl methyl sites for hydroxylation is 2. The highest BCUT2D eigenvalue weighted by Crippen LogP contribution is 2.49. The summed E-state index contributed by atoms with van der Waals surface area (Å²) in [5.74, 6) is 0.720. The standard InChI is InChI=1S/C31H23N3O/c1-19-16-17-25-28(20(19)2)32-29-24-14-8-9-15-26(24)33-27(21-10-4-3-5-11-21)18-22-12-6-7-13-23(22)30(33)34(29)31(25)35/h3-18,30H,1-2H3/t30-/m0/s1. The lowest BCUT2D eigenvalue weighted by Gasteiger charge is -2.44. The van der Waals surface area contributed by atoms with Crippen LogP contribution in [-0.4, -0.2) is 9.55 Å². The third kappa shape index (κ3) is 2.74. The maximum Gasteiger partial charge on any atom is 0.263 e. The van der Waals surface area contributed by atoms with E-state index in [0.29, 0.717) is 5.39 Å². The van der Waals surface area contributed by atoms with Crippen LogP contribution in [0.5, 0.6) is 0 Å². The summed E-state index contributed by atoms with van der Waals surface area (Å²) in [4.78, 5) is 21.7. The van der Waals surface area contributed by atoms with E-state index < -0.39 is 0 Å². The number of aromatic nitrogens is 2. The van der Waals surface area contributed by atoms with E-state index in [1.165, 1.54) is 0 Å². The zero-order chi connectivity index (χ0) is 23.7. The van der Waals surface area contributed by atoms with Gasteiger partial charge in [0.15, 0.2) is 0 Å². The van der Waals surface area contributed by atoms with Crippen LogP contribution in [0, 0.1) is 13.8 Å². The first-order chi connectivity index (χ1) is 17.1. The molecule has 3 heterocycles. The van der Waals surface area contributed by atoms with Crippen LogP contribution in [0.3, 0.4) is 0 Å². The number of hydrogen-bond donors (Lipinski definition) is 0. The maximum atomic E-state index is 14.2. The van der Waals surface area contributed by atoms with Gasteiger partial charge in [-0.05, 0) is 60.4 Å². The molecule has 4 heteroatoms. The monoisotopic (exact) mass is 453 g/mol. The van der Waals surface area contributed by atoms with Crippen molar-refractivity contribution < 1.29 is 0 Å². The number of para-hydroxylation sites is 1. The maximum absolute atomic E-state index is 14.2. The molecule has 2 aliphatic rings. The Kier molecular flexibility index (Phi) is 4.15. The Morgan fingerprint density at radius 1 is 0.800 bits per heavy atom. The van der Waals surface area contributed by atoms with Crippen molar-refractivity contribution in [3.05, 3.63) is 129 Å². The van der Waals surface area contributed by atoms with Gasteiger partial charge in [0.2, 0.25) is 0 Å². The van der Waals surface area contributed by atoms with Gasteiger partial charge in [0, 0.05) is 11.1 Å². The minimum absolute atomic E-state index is 0.0123. The van der Waals surface area contributed by atoms with E-state index in [0.717, 1.165) is 56.1 Å². The van der Waals surface area contributed by atoms with Gasteiger partial charge in [-0.25, -0.2) is 4.98 Å². The second-order valence-corrected chi connectivity index (χ2v) is 9.30. The van der Waals surface area contributed by atoms with Crippen LogP contribution in [0.4, 0.5) is 5.69 Å². The summed E-state index contributed by atoms with van der Waals surface area (Å²) in [7, 11) is 0. The van der Waals surface area contributed by atoms with Crippen molar-refractivity contribution in [2.75, 3.05) is 4.90 Å². The predicted octanol–water partition coefficient (Wildman–Crippen LogP) is 6.56. The Labute approximate surface area is 203 Å². The predicted molar refractivity (Wildman–Crippen MR) is 142 cm³/mol. The molecule has 0 fully saturated rings. The second-order valence-electron chi connectivity index (χ2n) is 9.30. The van der Waals surface area contributed by atoms with E-state index in [4.69, 9.17) is 4.98 Å². The van der Waals surface area contributed by atoms with E-state index in [2.05, 4.69) is 78.6 Å². The molecule has 5 aromatic rings. The summed E-state index contributed by atoms with van der Waals surface area (Å²) in [6.45, 7) is 4.12. The summed E-state index contributed by atoms with van der Waals surface area (Å²) in [6, 6.07) is 31.0. The molecule has 0 unspecified atom stereocenters. The van der Waals surface area contributed by atoms with E-state index in [-0.39, 0.29) is 11.7 Å². The van der Waals surface area contributed by atoms with Crippen LogP contribution in [0.15, 0.2) is 95.8 Å². The molecule has 168 valence electrons. The molecule has 35 heavy (non-hydrogen) atoms. The van der Waals surface area contributed by atoms with Crippen LogP contribution in [0.25, 0.3) is 34.1 Å². The molecule has 2 aliphatic heterocycles. The average Bonchev–Trinajstić information content (AvgIpc) is 2.91. The highest BCUT2D eigenvalue weighted by Gasteiger charge is 2.39. The van der Waals surface area contributed by atoms with Gasteiger partial charge in [-0.3, -0.25) is 9.36 Å². The quantitative estimate of drug-likeness (QED) is 0.289. The van der Waals surface area contributed by atoms with Crippen LogP contribution >= 0.6 is 0 Å². The number of fused-ring (bicyclic) bond motifs is 9. The van der Waals surface area contributed by atoms with Crippen molar-refractivity contribution in [2.45, 2.75) is 20.0 Å². The van der Waals surface area contributed by atoms with Crippen LogP contribution in [0.1, 0.15) is 34.0 Å². The first-order valence-corrected chi connectivity index (χ1v) is 11.9. The fourth-order valence-electron chi connectivity index (χ4n) is 5.51. The van der Waals surface area contributed by atoms with Gasteiger partial charge in [-0.2, -0.15) is 0 Å². The van der Waals surface area contributed by atoms with Gasteiger partial charge in [-0.1, -0.05) is 72.8 Å². The molecule has 7 rings (SSSR count). The zero-order valence-corrected chi connectivity index (χ0v) is 19.6. The lowest BCUT2D eigenvalue weighted by molar-refractivity contribution is 0.562. The molecule has 4 nitrogen and oxygen atoms in total. The van der Waals surface area contributed by atoms with Crippen molar-refractivity contribution >= 4 is 28.4 Å². The highest BCUT2D eigenvalue weighted by molar-refractivity contribution is 5.98. The lowest BCUT2D eigenvalue weighted by atomic mass is 9.91. The number of benzene rings is 4. The first-order valence-electron chi connectivity index (χ1n) is 11.9.